The zero-order chi connectivity index (χ0) is 18.7. The van der Waals surface area contributed by atoms with Crippen LogP contribution in [-0.4, -0.2) is 58.4 Å². The van der Waals surface area contributed by atoms with E-state index in [1.807, 2.05) is 13.8 Å². The number of carbonyl (C=O) groups excluding carboxylic acids is 1. The van der Waals surface area contributed by atoms with Crippen LogP contribution in [0.25, 0.3) is 0 Å². The molecule has 1 atom stereocenters. The largest absolute Gasteiger partial charge is 0.454 e. The molecule has 2 heterocycles. The van der Waals surface area contributed by atoms with Crippen LogP contribution in [0, 0.1) is 5.92 Å². The van der Waals surface area contributed by atoms with E-state index in [4.69, 9.17) is 14.2 Å². The molecule has 1 aromatic carbocycles. The number of carbonyl (C=O) groups is 1. The topological polar surface area (TPSA) is 94.2 Å². The van der Waals surface area contributed by atoms with Gasteiger partial charge < -0.3 is 19.1 Å². The summed E-state index contributed by atoms with van der Waals surface area (Å²) in [7, 11) is -3.87. The summed E-state index contributed by atoms with van der Waals surface area (Å²) in [5, 5.41) is 0. The Kier molecular flexibility index (Phi) is 5.69. The van der Waals surface area contributed by atoms with Crippen LogP contribution in [-0.2, 0) is 19.6 Å². The Bertz CT molecular complexity index is 759. The number of sulfonamides is 1. The van der Waals surface area contributed by atoms with Gasteiger partial charge in [0.1, 0.15) is 6.04 Å². The lowest BCUT2D eigenvalue weighted by molar-refractivity contribution is -0.137. The Morgan fingerprint density at radius 1 is 1.19 bits per heavy atom. The van der Waals surface area contributed by atoms with E-state index in [1.54, 1.807) is 11.0 Å². The van der Waals surface area contributed by atoms with Crippen LogP contribution >= 0.6 is 0 Å². The molecule has 1 amide bonds. The van der Waals surface area contributed by atoms with Crippen molar-refractivity contribution in [2.24, 2.45) is 5.92 Å². The standard InChI is InChI=1S/C17H24N2O6S/c1-12(2)9-14(17(20)19-5-7-23-8-6-19)18-26(21,22)13-3-4-15-16(10-13)25-11-24-15/h3-4,10,12,14,18H,5-9,11H2,1-2H3/t14-/m0/s1. The fourth-order valence-corrected chi connectivity index (χ4v) is 4.19. The maximum atomic E-state index is 12.8. The van der Waals surface area contributed by atoms with Gasteiger partial charge in [-0.25, -0.2) is 8.42 Å². The van der Waals surface area contributed by atoms with Crippen molar-refractivity contribution in [2.75, 3.05) is 33.1 Å². The minimum Gasteiger partial charge on any atom is -0.454 e. The van der Waals surface area contributed by atoms with E-state index in [2.05, 4.69) is 4.72 Å². The number of fused-ring (bicyclic) bond motifs is 1. The summed E-state index contributed by atoms with van der Waals surface area (Å²) in [5.41, 5.74) is 0. The van der Waals surface area contributed by atoms with E-state index < -0.39 is 16.1 Å². The van der Waals surface area contributed by atoms with Gasteiger partial charge in [-0.15, -0.1) is 0 Å². The Morgan fingerprint density at radius 3 is 2.58 bits per heavy atom. The minimum absolute atomic E-state index is 0.0466. The van der Waals surface area contributed by atoms with Crippen molar-refractivity contribution in [2.45, 2.75) is 31.2 Å². The predicted octanol–water partition coefficient (Wildman–Crippen LogP) is 0.967. The van der Waals surface area contributed by atoms with Gasteiger partial charge in [0.05, 0.1) is 18.1 Å². The number of morpholine rings is 1. The second-order valence-corrected chi connectivity index (χ2v) is 8.47. The third-order valence-electron chi connectivity index (χ3n) is 4.28. The fourth-order valence-electron chi connectivity index (χ4n) is 2.97. The van der Waals surface area contributed by atoms with Crippen LogP contribution < -0.4 is 14.2 Å². The first-order chi connectivity index (χ1) is 12.4. The van der Waals surface area contributed by atoms with Crippen LogP contribution in [0.3, 0.4) is 0 Å². The van der Waals surface area contributed by atoms with Crippen molar-refractivity contribution >= 4 is 15.9 Å². The molecule has 0 aromatic heterocycles. The predicted molar refractivity (Wildman–Crippen MR) is 93.5 cm³/mol. The monoisotopic (exact) mass is 384 g/mol. The highest BCUT2D eigenvalue weighted by Crippen LogP contribution is 2.33. The summed E-state index contributed by atoms with van der Waals surface area (Å²) in [4.78, 5) is 14.5. The fraction of sp³-hybridized carbons (Fsp3) is 0.588. The molecule has 26 heavy (non-hydrogen) atoms. The first kappa shape index (κ1) is 18.9. The summed E-state index contributed by atoms with van der Waals surface area (Å²) < 4.78 is 43.9. The smallest absolute Gasteiger partial charge is 0.241 e. The molecule has 1 fully saturated rings. The quantitative estimate of drug-likeness (QED) is 0.785. The molecular formula is C17H24N2O6S. The van der Waals surface area contributed by atoms with E-state index in [9.17, 15) is 13.2 Å². The molecule has 3 rings (SSSR count). The molecule has 144 valence electrons. The molecule has 2 aliphatic rings. The molecule has 9 heteroatoms. The first-order valence-corrected chi connectivity index (χ1v) is 10.1. The van der Waals surface area contributed by atoms with Crippen LogP contribution in [0.2, 0.25) is 0 Å². The number of benzene rings is 1. The number of nitrogens with zero attached hydrogens (tertiary/aromatic N) is 1. The van der Waals surface area contributed by atoms with Crippen LogP contribution in [0.5, 0.6) is 11.5 Å². The van der Waals surface area contributed by atoms with E-state index >= 15 is 0 Å². The normalized spacial score (nSPS) is 18.2. The number of hydrogen-bond donors (Lipinski definition) is 1. The molecule has 0 saturated carbocycles. The van der Waals surface area contributed by atoms with Crippen molar-refractivity contribution in [1.82, 2.24) is 9.62 Å². The summed E-state index contributed by atoms with van der Waals surface area (Å²) >= 11 is 0. The lowest BCUT2D eigenvalue weighted by atomic mass is 10.0. The lowest BCUT2D eigenvalue weighted by Gasteiger charge is -2.31. The highest BCUT2D eigenvalue weighted by molar-refractivity contribution is 7.89. The highest BCUT2D eigenvalue weighted by atomic mass is 32.2. The van der Waals surface area contributed by atoms with Gasteiger partial charge in [0, 0.05) is 19.2 Å². The molecule has 1 saturated heterocycles. The van der Waals surface area contributed by atoms with Gasteiger partial charge >= 0.3 is 0 Å². The molecule has 0 spiro atoms. The van der Waals surface area contributed by atoms with Gasteiger partial charge in [-0.2, -0.15) is 4.72 Å². The number of hydrogen-bond acceptors (Lipinski definition) is 6. The summed E-state index contributed by atoms with van der Waals surface area (Å²) in [6.45, 7) is 5.85. The Morgan fingerprint density at radius 2 is 1.88 bits per heavy atom. The van der Waals surface area contributed by atoms with E-state index in [0.717, 1.165) is 0 Å². The van der Waals surface area contributed by atoms with Crippen molar-refractivity contribution in [3.05, 3.63) is 18.2 Å². The van der Waals surface area contributed by atoms with Crippen LogP contribution in [0.1, 0.15) is 20.3 Å². The zero-order valence-corrected chi connectivity index (χ0v) is 15.8. The van der Waals surface area contributed by atoms with Crippen molar-refractivity contribution < 1.29 is 27.4 Å². The van der Waals surface area contributed by atoms with Crippen molar-refractivity contribution in [1.29, 1.82) is 0 Å². The summed E-state index contributed by atoms with van der Waals surface area (Å²) in [6, 6.07) is 3.60. The molecule has 1 N–H and O–H groups in total. The van der Waals surface area contributed by atoms with Gasteiger partial charge in [-0.1, -0.05) is 13.8 Å². The number of rotatable bonds is 6. The summed E-state index contributed by atoms with van der Waals surface area (Å²) in [5.74, 6) is 0.829. The van der Waals surface area contributed by atoms with Gasteiger partial charge in [-0.3, -0.25) is 4.79 Å². The van der Waals surface area contributed by atoms with Crippen LogP contribution in [0.4, 0.5) is 0 Å². The Labute approximate surface area is 153 Å². The van der Waals surface area contributed by atoms with Crippen LogP contribution in [0.15, 0.2) is 23.1 Å². The van der Waals surface area contributed by atoms with Crippen molar-refractivity contribution in [3.8, 4) is 11.5 Å². The van der Waals surface area contributed by atoms with E-state index in [0.29, 0.717) is 44.2 Å². The molecule has 8 nitrogen and oxygen atoms in total. The first-order valence-electron chi connectivity index (χ1n) is 8.65. The number of amides is 1. The minimum atomic E-state index is -3.87. The molecule has 0 aliphatic carbocycles. The van der Waals surface area contributed by atoms with E-state index in [1.165, 1.54) is 12.1 Å². The van der Waals surface area contributed by atoms with Gasteiger partial charge in [0.15, 0.2) is 11.5 Å². The van der Waals surface area contributed by atoms with Gasteiger partial charge in [-0.05, 0) is 24.5 Å². The average molecular weight is 384 g/mol. The molecule has 0 bridgehead atoms. The number of nitrogens with one attached hydrogen (secondary N) is 1. The molecule has 2 aliphatic heterocycles. The van der Waals surface area contributed by atoms with E-state index in [-0.39, 0.29) is 23.5 Å². The molecular weight excluding hydrogens is 360 g/mol. The van der Waals surface area contributed by atoms with Gasteiger partial charge in [0.25, 0.3) is 0 Å². The van der Waals surface area contributed by atoms with Crippen molar-refractivity contribution in [3.63, 3.8) is 0 Å². The second kappa shape index (κ2) is 7.81. The molecule has 0 radical (unpaired) electrons. The SMILES string of the molecule is CC(C)C[C@H](NS(=O)(=O)c1ccc2c(c1)OCO2)C(=O)N1CCOCC1. The summed E-state index contributed by atoms with van der Waals surface area (Å²) in [6.07, 6.45) is 0.417. The maximum absolute atomic E-state index is 12.8. The second-order valence-electron chi connectivity index (χ2n) is 6.76. The lowest BCUT2D eigenvalue weighted by Crippen LogP contribution is -2.52. The van der Waals surface area contributed by atoms with Gasteiger partial charge in [0.2, 0.25) is 22.7 Å². The highest BCUT2D eigenvalue weighted by Gasteiger charge is 2.31. The molecule has 1 aromatic rings. The Balaban J connectivity index is 1.79. The third-order valence-corrected chi connectivity index (χ3v) is 5.75. The third kappa shape index (κ3) is 4.28. The Hall–Kier alpha value is -1.84. The maximum Gasteiger partial charge on any atom is 0.241 e. The molecule has 0 unspecified atom stereocenters. The number of ether oxygens (including phenoxy) is 3. The average Bonchev–Trinajstić information content (AvgIpc) is 3.08. The zero-order valence-electron chi connectivity index (χ0n) is 14.9.